The predicted molar refractivity (Wildman–Crippen MR) is 74.1 cm³/mol. The number of anilines is 1. The molecule has 1 atom stereocenters. The Hall–Kier alpha value is -1.66. The monoisotopic (exact) mass is 263 g/mol. The van der Waals surface area contributed by atoms with Crippen molar-refractivity contribution < 1.29 is 4.79 Å². The molecule has 4 N–H and O–H groups in total. The number of hydrazine groups is 1. The molecule has 0 spiro atoms. The van der Waals surface area contributed by atoms with E-state index in [-0.39, 0.29) is 11.3 Å². The van der Waals surface area contributed by atoms with Crippen molar-refractivity contribution in [1.82, 2.24) is 15.2 Å². The van der Waals surface area contributed by atoms with Gasteiger partial charge in [-0.25, -0.2) is 10.8 Å². The molecule has 19 heavy (non-hydrogen) atoms. The summed E-state index contributed by atoms with van der Waals surface area (Å²) in [4.78, 5) is 18.5. The minimum absolute atomic E-state index is 0.111. The lowest BCUT2D eigenvalue weighted by Gasteiger charge is -2.22. The molecule has 2 heterocycles. The highest BCUT2D eigenvalue weighted by atomic mass is 16.2. The first-order valence-electron chi connectivity index (χ1n) is 6.44. The maximum Gasteiger partial charge on any atom is 0.227 e. The molecule has 0 saturated carbocycles. The SMILES string of the molecule is CNC(=O)C1(C)CCN(Cc2cccc(NN)n2)C1. The summed E-state index contributed by atoms with van der Waals surface area (Å²) in [6.45, 7) is 4.42. The number of nitrogens with one attached hydrogen (secondary N) is 2. The number of nitrogen functional groups attached to an aromatic ring is 1. The highest BCUT2D eigenvalue weighted by molar-refractivity contribution is 5.82. The fourth-order valence-electron chi connectivity index (χ4n) is 2.56. The number of amides is 1. The molecule has 6 heteroatoms. The van der Waals surface area contributed by atoms with Crippen LogP contribution in [0.4, 0.5) is 5.82 Å². The topological polar surface area (TPSA) is 83.3 Å². The minimum atomic E-state index is -0.293. The summed E-state index contributed by atoms with van der Waals surface area (Å²) in [5.74, 6) is 6.12. The summed E-state index contributed by atoms with van der Waals surface area (Å²) in [5.41, 5.74) is 3.20. The second-order valence-electron chi connectivity index (χ2n) is 5.26. The van der Waals surface area contributed by atoms with Crippen LogP contribution in [0.1, 0.15) is 19.0 Å². The highest BCUT2D eigenvalue weighted by Crippen LogP contribution is 2.30. The quantitative estimate of drug-likeness (QED) is 0.538. The Morgan fingerprint density at radius 3 is 3.05 bits per heavy atom. The number of pyridine rings is 1. The Morgan fingerprint density at radius 1 is 1.58 bits per heavy atom. The lowest BCUT2D eigenvalue weighted by atomic mass is 9.89. The van der Waals surface area contributed by atoms with Gasteiger partial charge in [0, 0.05) is 20.1 Å². The fraction of sp³-hybridized carbons (Fsp3) is 0.538. The van der Waals surface area contributed by atoms with Crippen LogP contribution in [0.5, 0.6) is 0 Å². The molecule has 0 aliphatic carbocycles. The first kappa shape index (κ1) is 13.8. The van der Waals surface area contributed by atoms with Gasteiger partial charge in [-0.15, -0.1) is 0 Å². The van der Waals surface area contributed by atoms with Crippen molar-refractivity contribution in [2.75, 3.05) is 25.6 Å². The first-order valence-corrected chi connectivity index (χ1v) is 6.44. The molecule has 0 bridgehead atoms. The molecule has 0 aromatic carbocycles. The molecule has 2 rings (SSSR count). The Labute approximate surface area is 113 Å². The van der Waals surface area contributed by atoms with Crippen LogP contribution < -0.4 is 16.6 Å². The van der Waals surface area contributed by atoms with Crippen molar-refractivity contribution in [2.24, 2.45) is 11.3 Å². The second-order valence-corrected chi connectivity index (χ2v) is 5.26. The highest BCUT2D eigenvalue weighted by Gasteiger charge is 2.39. The number of carbonyl (C=O) groups excluding carboxylic acids is 1. The van der Waals surface area contributed by atoms with Gasteiger partial charge in [-0.05, 0) is 32.0 Å². The van der Waals surface area contributed by atoms with Crippen LogP contribution in [-0.4, -0.2) is 35.9 Å². The fourth-order valence-corrected chi connectivity index (χ4v) is 2.56. The molecule has 1 aliphatic heterocycles. The van der Waals surface area contributed by atoms with E-state index in [1.807, 2.05) is 25.1 Å². The Kier molecular flexibility index (Phi) is 4.01. The Morgan fingerprint density at radius 2 is 2.37 bits per heavy atom. The van der Waals surface area contributed by atoms with Crippen molar-refractivity contribution >= 4 is 11.7 Å². The summed E-state index contributed by atoms with van der Waals surface area (Å²) >= 11 is 0. The van der Waals surface area contributed by atoms with Crippen molar-refractivity contribution in [2.45, 2.75) is 19.9 Å². The second kappa shape index (κ2) is 5.54. The zero-order valence-electron chi connectivity index (χ0n) is 11.4. The number of hydrogen-bond donors (Lipinski definition) is 3. The van der Waals surface area contributed by atoms with E-state index in [1.54, 1.807) is 7.05 Å². The molecular formula is C13H21N5O. The first-order chi connectivity index (χ1) is 9.07. The normalized spacial score (nSPS) is 23.3. The van der Waals surface area contributed by atoms with E-state index < -0.39 is 0 Å². The molecule has 1 amide bonds. The number of likely N-dealkylation sites (tertiary alicyclic amines) is 1. The lowest BCUT2D eigenvalue weighted by Crippen LogP contribution is -2.39. The maximum absolute atomic E-state index is 11.9. The van der Waals surface area contributed by atoms with Crippen LogP contribution in [0.2, 0.25) is 0 Å². The van der Waals surface area contributed by atoms with E-state index in [0.717, 1.165) is 31.7 Å². The number of hydrogen-bond acceptors (Lipinski definition) is 5. The van der Waals surface area contributed by atoms with Gasteiger partial charge in [0.15, 0.2) is 0 Å². The van der Waals surface area contributed by atoms with Gasteiger partial charge in [0.05, 0.1) is 11.1 Å². The summed E-state index contributed by atoms with van der Waals surface area (Å²) in [7, 11) is 1.69. The van der Waals surface area contributed by atoms with E-state index in [9.17, 15) is 4.79 Å². The molecular weight excluding hydrogens is 242 g/mol. The Bertz CT molecular complexity index is 464. The van der Waals surface area contributed by atoms with E-state index in [2.05, 4.69) is 20.6 Å². The molecule has 6 nitrogen and oxygen atoms in total. The summed E-state index contributed by atoms with van der Waals surface area (Å²) in [6.07, 6.45) is 0.876. The number of nitrogens with two attached hydrogens (primary N) is 1. The number of carbonyl (C=O) groups is 1. The summed E-state index contributed by atoms with van der Waals surface area (Å²) in [5, 5.41) is 2.74. The zero-order valence-corrected chi connectivity index (χ0v) is 11.4. The van der Waals surface area contributed by atoms with Crippen LogP contribution in [-0.2, 0) is 11.3 Å². The summed E-state index contributed by atoms with van der Waals surface area (Å²) < 4.78 is 0. The molecule has 1 unspecified atom stereocenters. The largest absolute Gasteiger partial charge is 0.359 e. The average Bonchev–Trinajstić information content (AvgIpc) is 2.80. The van der Waals surface area contributed by atoms with Gasteiger partial charge < -0.3 is 10.7 Å². The van der Waals surface area contributed by atoms with Crippen LogP contribution in [0, 0.1) is 5.41 Å². The van der Waals surface area contributed by atoms with Crippen LogP contribution in [0.15, 0.2) is 18.2 Å². The molecule has 1 saturated heterocycles. The van der Waals surface area contributed by atoms with Gasteiger partial charge in [-0.3, -0.25) is 9.69 Å². The average molecular weight is 263 g/mol. The molecule has 0 radical (unpaired) electrons. The molecule has 1 aromatic heterocycles. The molecule has 1 aromatic rings. The van der Waals surface area contributed by atoms with E-state index >= 15 is 0 Å². The van der Waals surface area contributed by atoms with Crippen molar-refractivity contribution in [3.63, 3.8) is 0 Å². The molecule has 1 aliphatic rings. The van der Waals surface area contributed by atoms with E-state index in [0.29, 0.717) is 5.82 Å². The standard InChI is InChI=1S/C13H21N5O/c1-13(12(19)15-2)6-7-18(9-13)8-10-4-3-5-11(16-10)17-14/h3-5H,6-9,14H2,1-2H3,(H,15,19)(H,16,17). The Balaban J connectivity index is 2.00. The van der Waals surface area contributed by atoms with E-state index in [1.165, 1.54) is 0 Å². The smallest absolute Gasteiger partial charge is 0.227 e. The summed E-state index contributed by atoms with van der Waals surface area (Å²) in [6, 6.07) is 5.71. The van der Waals surface area contributed by atoms with Gasteiger partial charge in [-0.1, -0.05) is 6.07 Å². The number of nitrogens with zero attached hydrogens (tertiary/aromatic N) is 2. The van der Waals surface area contributed by atoms with Gasteiger partial charge in [0.25, 0.3) is 0 Å². The minimum Gasteiger partial charge on any atom is -0.359 e. The van der Waals surface area contributed by atoms with Crippen LogP contribution in [0.25, 0.3) is 0 Å². The molecule has 1 fully saturated rings. The van der Waals surface area contributed by atoms with Gasteiger partial charge in [-0.2, -0.15) is 0 Å². The van der Waals surface area contributed by atoms with Crippen LogP contribution >= 0.6 is 0 Å². The van der Waals surface area contributed by atoms with E-state index in [4.69, 9.17) is 5.84 Å². The third-order valence-corrected chi connectivity index (χ3v) is 3.67. The number of aromatic nitrogens is 1. The molecule has 104 valence electrons. The third-order valence-electron chi connectivity index (χ3n) is 3.67. The lowest BCUT2D eigenvalue weighted by molar-refractivity contribution is -0.129. The zero-order chi connectivity index (χ0) is 13.9. The van der Waals surface area contributed by atoms with Crippen molar-refractivity contribution in [3.05, 3.63) is 23.9 Å². The predicted octanol–water partition coefficient (Wildman–Crippen LogP) is 0.325. The number of rotatable bonds is 4. The maximum atomic E-state index is 11.9. The van der Waals surface area contributed by atoms with Gasteiger partial charge >= 0.3 is 0 Å². The van der Waals surface area contributed by atoms with Gasteiger partial charge in [0.1, 0.15) is 5.82 Å². The van der Waals surface area contributed by atoms with Crippen LogP contribution in [0.3, 0.4) is 0 Å². The van der Waals surface area contributed by atoms with Gasteiger partial charge in [0.2, 0.25) is 5.91 Å². The third kappa shape index (κ3) is 3.02. The van der Waals surface area contributed by atoms with Crippen molar-refractivity contribution in [1.29, 1.82) is 0 Å². The van der Waals surface area contributed by atoms with Crippen molar-refractivity contribution in [3.8, 4) is 0 Å².